The highest BCUT2D eigenvalue weighted by atomic mass is 32.2. The van der Waals surface area contributed by atoms with Gasteiger partial charge in [0, 0.05) is 24.4 Å². The molecule has 0 aromatic heterocycles. The van der Waals surface area contributed by atoms with Gasteiger partial charge in [-0.25, -0.2) is 12.8 Å². The van der Waals surface area contributed by atoms with Gasteiger partial charge >= 0.3 is 0 Å². The van der Waals surface area contributed by atoms with Crippen molar-refractivity contribution in [2.24, 2.45) is 0 Å². The van der Waals surface area contributed by atoms with Gasteiger partial charge in [0.05, 0.1) is 11.9 Å². The van der Waals surface area contributed by atoms with Crippen molar-refractivity contribution in [2.75, 3.05) is 17.1 Å². The Balaban J connectivity index is 1.78. The zero-order valence-corrected chi connectivity index (χ0v) is 24.1. The van der Waals surface area contributed by atoms with Gasteiger partial charge in [-0.15, -0.1) is 0 Å². The molecule has 0 aliphatic carbocycles. The normalized spacial score (nSPS) is 12.2. The molecular formula is C32H34FN3O4S. The zero-order chi connectivity index (χ0) is 29.6. The monoisotopic (exact) mass is 575 g/mol. The summed E-state index contributed by atoms with van der Waals surface area (Å²) < 4.78 is 41.0. The molecule has 0 heterocycles. The van der Waals surface area contributed by atoms with Crippen LogP contribution < -0.4 is 9.62 Å². The van der Waals surface area contributed by atoms with E-state index in [1.807, 2.05) is 62.4 Å². The first-order valence-electron chi connectivity index (χ1n) is 13.4. The Bertz CT molecular complexity index is 1600. The molecule has 0 spiro atoms. The maximum Gasteiger partial charge on any atom is 0.244 e. The lowest BCUT2D eigenvalue weighted by molar-refractivity contribution is -0.140. The first-order chi connectivity index (χ1) is 19.5. The topological polar surface area (TPSA) is 86.8 Å². The fraction of sp³-hybridized carbons (Fsp3) is 0.250. The van der Waals surface area contributed by atoms with Crippen molar-refractivity contribution in [1.82, 2.24) is 10.2 Å². The van der Waals surface area contributed by atoms with Crippen LogP contribution in [0.15, 0.2) is 97.1 Å². The van der Waals surface area contributed by atoms with Crippen LogP contribution in [0.5, 0.6) is 0 Å². The number of hydrogen-bond acceptors (Lipinski definition) is 4. The number of benzene rings is 4. The van der Waals surface area contributed by atoms with E-state index < -0.39 is 34.3 Å². The second-order valence-electron chi connectivity index (χ2n) is 10.3. The summed E-state index contributed by atoms with van der Waals surface area (Å²) in [5, 5.41) is 4.41. The van der Waals surface area contributed by atoms with Crippen LogP contribution in [0.25, 0.3) is 10.8 Å². The molecule has 0 radical (unpaired) electrons. The smallest absolute Gasteiger partial charge is 0.244 e. The molecule has 0 fully saturated rings. The Kier molecular flexibility index (Phi) is 9.39. The zero-order valence-electron chi connectivity index (χ0n) is 23.3. The largest absolute Gasteiger partial charge is 0.352 e. The summed E-state index contributed by atoms with van der Waals surface area (Å²) in [4.78, 5) is 29.1. The number of fused-ring (bicyclic) bond motifs is 1. The number of rotatable bonds is 11. The van der Waals surface area contributed by atoms with E-state index in [2.05, 4.69) is 5.32 Å². The molecule has 9 heteroatoms. The third-order valence-electron chi connectivity index (χ3n) is 6.68. The molecule has 214 valence electrons. The molecule has 0 aliphatic heterocycles. The summed E-state index contributed by atoms with van der Waals surface area (Å²) in [6, 6.07) is 26.5. The molecule has 1 N–H and O–H groups in total. The van der Waals surface area contributed by atoms with E-state index in [-0.39, 0.29) is 24.9 Å². The highest BCUT2D eigenvalue weighted by Gasteiger charge is 2.33. The van der Waals surface area contributed by atoms with Gasteiger partial charge < -0.3 is 10.2 Å². The van der Waals surface area contributed by atoms with Gasteiger partial charge in [0.1, 0.15) is 18.4 Å². The molecule has 0 saturated carbocycles. The summed E-state index contributed by atoms with van der Waals surface area (Å²) in [5.41, 5.74) is 1.81. The van der Waals surface area contributed by atoms with Gasteiger partial charge in [-0.05, 0) is 48.6 Å². The van der Waals surface area contributed by atoms with E-state index in [1.54, 1.807) is 36.4 Å². The second kappa shape index (κ2) is 13.0. The third kappa shape index (κ3) is 7.70. The fourth-order valence-corrected chi connectivity index (χ4v) is 5.60. The van der Waals surface area contributed by atoms with Gasteiger partial charge in [-0.1, -0.05) is 78.9 Å². The standard InChI is InChI=1S/C32H34FN3O4S/c1-23(2)34-32(38)30(20-24-10-5-4-6-11-24)35(21-25-16-18-27(33)19-17-25)31(37)22-36(41(3,39)40)29-15-9-13-26-12-7-8-14-28(26)29/h4-19,23,30H,20-22H2,1-3H3,(H,34,38)/t30-/m0/s1. The molecule has 0 saturated heterocycles. The minimum atomic E-state index is -3.90. The predicted octanol–water partition coefficient (Wildman–Crippen LogP) is 4.91. The molecule has 0 aliphatic rings. The lowest BCUT2D eigenvalue weighted by Crippen LogP contribution is -2.54. The highest BCUT2D eigenvalue weighted by Crippen LogP contribution is 2.29. The molecule has 1 atom stereocenters. The van der Waals surface area contributed by atoms with Crippen molar-refractivity contribution < 1.29 is 22.4 Å². The van der Waals surface area contributed by atoms with E-state index >= 15 is 0 Å². The van der Waals surface area contributed by atoms with Crippen LogP contribution in [-0.2, 0) is 32.6 Å². The third-order valence-corrected chi connectivity index (χ3v) is 7.81. The molecule has 4 aromatic rings. The number of amides is 2. The molecule has 2 amide bonds. The van der Waals surface area contributed by atoms with Gasteiger partial charge in [0.15, 0.2) is 0 Å². The van der Waals surface area contributed by atoms with E-state index in [0.29, 0.717) is 16.6 Å². The SMILES string of the molecule is CC(C)NC(=O)[C@H](Cc1ccccc1)N(Cc1ccc(F)cc1)C(=O)CN(c1cccc2ccccc12)S(C)(=O)=O. The number of carbonyl (C=O) groups excluding carboxylic acids is 2. The second-order valence-corrected chi connectivity index (χ2v) is 12.2. The maximum atomic E-state index is 14.2. The van der Waals surface area contributed by atoms with E-state index in [0.717, 1.165) is 21.5 Å². The number of halogens is 1. The van der Waals surface area contributed by atoms with Crippen molar-refractivity contribution in [3.05, 3.63) is 114 Å². The Hall–Kier alpha value is -4.24. The predicted molar refractivity (Wildman–Crippen MR) is 160 cm³/mol. The first kappa shape index (κ1) is 29.7. The van der Waals surface area contributed by atoms with Crippen LogP contribution >= 0.6 is 0 Å². The molecular weight excluding hydrogens is 541 g/mol. The van der Waals surface area contributed by atoms with Crippen LogP contribution in [0.4, 0.5) is 10.1 Å². The lowest BCUT2D eigenvalue weighted by atomic mass is 10.0. The molecule has 7 nitrogen and oxygen atoms in total. The molecule has 4 rings (SSSR count). The number of nitrogens with one attached hydrogen (secondary N) is 1. The summed E-state index contributed by atoms with van der Waals surface area (Å²) in [6.45, 7) is 3.12. The van der Waals surface area contributed by atoms with E-state index in [4.69, 9.17) is 0 Å². The summed E-state index contributed by atoms with van der Waals surface area (Å²) in [6.07, 6.45) is 1.26. The Morgan fingerprint density at radius 3 is 2.12 bits per heavy atom. The molecule has 0 unspecified atom stereocenters. The molecule has 0 bridgehead atoms. The Morgan fingerprint density at radius 2 is 1.46 bits per heavy atom. The summed E-state index contributed by atoms with van der Waals surface area (Å²) in [7, 11) is -3.90. The maximum absolute atomic E-state index is 14.2. The van der Waals surface area contributed by atoms with Crippen molar-refractivity contribution in [3.8, 4) is 0 Å². The number of anilines is 1. The quantitative estimate of drug-likeness (QED) is 0.275. The van der Waals surface area contributed by atoms with Crippen LogP contribution in [-0.4, -0.2) is 50.0 Å². The van der Waals surface area contributed by atoms with Gasteiger partial charge in [-0.3, -0.25) is 13.9 Å². The van der Waals surface area contributed by atoms with Gasteiger partial charge in [-0.2, -0.15) is 0 Å². The highest BCUT2D eigenvalue weighted by molar-refractivity contribution is 7.92. The number of carbonyl (C=O) groups is 2. The van der Waals surface area contributed by atoms with Crippen molar-refractivity contribution in [2.45, 2.75) is 38.9 Å². The van der Waals surface area contributed by atoms with Crippen molar-refractivity contribution in [3.63, 3.8) is 0 Å². The van der Waals surface area contributed by atoms with E-state index in [9.17, 15) is 22.4 Å². The van der Waals surface area contributed by atoms with Crippen molar-refractivity contribution >= 4 is 38.3 Å². The van der Waals surface area contributed by atoms with Gasteiger partial charge in [0.2, 0.25) is 21.8 Å². The van der Waals surface area contributed by atoms with Gasteiger partial charge in [0.25, 0.3) is 0 Å². The Morgan fingerprint density at radius 1 is 0.829 bits per heavy atom. The minimum Gasteiger partial charge on any atom is -0.352 e. The van der Waals surface area contributed by atoms with Crippen molar-refractivity contribution in [1.29, 1.82) is 0 Å². The molecule has 4 aromatic carbocycles. The first-order valence-corrected chi connectivity index (χ1v) is 15.2. The summed E-state index contributed by atoms with van der Waals surface area (Å²) in [5.74, 6) is -1.35. The van der Waals surface area contributed by atoms with Crippen LogP contribution in [0.1, 0.15) is 25.0 Å². The molecule has 41 heavy (non-hydrogen) atoms. The average Bonchev–Trinajstić information content (AvgIpc) is 2.94. The average molecular weight is 576 g/mol. The number of nitrogens with zero attached hydrogens (tertiary/aromatic N) is 2. The van der Waals surface area contributed by atoms with Crippen LogP contribution in [0, 0.1) is 5.82 Å². The van der Waals surface area contributed by atoms with Crippen LogP contribution in [0.3, 0.4) is 0 Å². The minimum absolute atomic E-state index is 0.0186. The number of sulfonamides is 1. The van der Waals surface area contributed by atoms with E-state index in [1.165, 1.54) is 17.0 Å². The number of hydrogen-bond donors (Lipinski definition) is 1. The fourth-order valence-electron chi connectivity index (χ4n) is 4.74. The van der Waals surface area contributed by atoms with Crippen LogP contribution in [0.2, 0.25) is 0 Å². The summed E-state index contributed by atoms with van der Waals surface area (Å²) >= 11 is 0. The Labute approximate surface area is 240 Å². The lowest BCUT2D eigenvalue weighted by Gasteiger charge is -2.34.